The van der Waals surface area contributed by atoms with E-state index in [1.807, 2.05) is 0 Å². The van der Waals surface area contributed by atoms with Gasteiger partial charge in [0.25, 0.3) is 0 Å². The second-order valence-corrected chi connectivity index (χ2v) is 29.4. The van der Waals surface area contributed by atoms with Crippen LogP contribution < -0.4 is 0 Å². The van der Waals surface area contributed by atoms with Crippen LogP contribution in [0, 0.1) is 0 Å². The van der Waals surface area contributed by atoms with E-state index in [1.54, 1.807) is 0 Å². The van der Waals surface area contributed by atoms with E-state index in [1.165, 1.54) is 109 Å². The number of hydrogen-bond acceptors (Lipinski definition) is 14. The van der Waals surface area contributed by atoms with E-state index in [-0.39, 0.29) is 19.3 Å². The lowest BCUT2D eigenvalue weighted by molar-refractivity contribution is -0.161. The van der Waals surface area contributed by atoms with Crippen LogP contribution in [-0.4, -0.2) is 95.9 Å². The first-order chi connectivity index (χ1) is 49.2. The molecule has 0 aromatic heterocycles. The quantitative estimate of drug-likeness (QED) is 0.0146. The van der Waals surface area contributed by atoms with Crippen molar-refractivity contribution in [2.45, 2.75) is 347 Å². The minimum Gasteiger partial charge on any atom is -0.463 e. The third-order valence-electron chi connectivity index (χ3n) is 16.7. The molecule has 5 atom stereocenters. The number of allylic oxidation sites excluding steroid dienone is 20. The minimum atomic E-state index is -4.93. The number of unbranched alkanes of at least 4 members (excludes halogenated alkanes) is 32. The molecule has 0 amide bonds. The van der Waals surface area contributed by atoms with Gasteiger partial charge in [0.1, 0.15) is 25.4 Å². The summed E-state index contributed by atoms with van der Waals surface area (Å²) in [5.41, 5.74) is 0. The number of phosphoric ester groups is 2. The Morgan fingerprint density at radius 2 is 0.525 bits per heavy atom. The van der Waals surface area contributed by atoms with E-state index in [0.29, 0.717) is 19.3 Å². The van der Waals surface area contributed by atoms with Crippen molar-refractivity contribution in [3.63, 3.8) is 0 Å². The third kappa shape index (κ3) is 76.9. The molecule has 16 nitrogen and oxygen atoms in total. The molecular weight excluding hydrogens is 1310 g/mol. The first-order valence-electron chi connectivity index (χ1n) is 39.8. The third-order valence-corrected chi connectivity index (χ3v) is 18.6. The molecular formula is C83H144O16P2. The van der Waals surface area contributed by atoms with Gasteiger partial charge in [-0.3, -0.25) is 32.5 Å². The standard InChI is InChI=1S/C83H144O16P2/c1-4-7-10-13-16-19-22-25-28-30-32-34-36-37-38-39-41-43-44-46-49-51-54-57-60-63-66-69-81(86)93-72-78(84)73-95-100(89,90)96-74-79(85)75-97-101(91,92)98-77-80(99-83(88)71-68-65-62-59-56-53-48-27-24-21-18-15-12-9-6-3)76-94-82(87)70-67-64-61-58-55-52-50-47-45-42-40-35-33-31-29-26-23-20-17-14-11-8-5-2/h7-8,10-11,16-17,19-20,25-26,28-29,32-35,37-38,42,45,78-80,84-85H,4-6,9,12-15,18,21-24,27,30-31,36,39-41,43-44,46-77H2,1-3H3,(H,89,90)(H,91,92)/b10-7-,11-8-,19-16-,20-17-,28-25-,29-26-,34-32-,35-33-,38-37-,45-42-. The van der Waals surface area contributed by atoms with Gasteiger partial charge in [0, 0.05) is 19.3 Å². The average molecular weight is 1460 g/mol. The number of aliphatic hydroxyl groups excluding tert-OH is 2. The Morgan fingerprint density at radius 1 is 0.287 bits per heavy atom. The van der Waals surface area contributed by atoms with Crippen LogP contribution in [0.15, 0.2) is 122 Å². The molecule has 18 heteroatoms. The highest BCUT2D eigenvalue weighted by atomic mass is 31.2. The number of aliphatic hydroxyl groups is 2. The van der Waals surface area contributed by atoms with Gasteiger partial charge in [-0.25, -0.2) is 9.13 Å². The lowest BCUT2D eigenvalue weighted by Crippen LogP contribution is -2.30. The molecule has 0 spiro atoms. The average Bonchev–Trinajstić information content (AvgIpc) is 0.951. The van der Waals surface area contributed by atoms with E-state index in [4.69, 9.17) is 32.3 Å². The molecule has 0 aliphatic carbocycles. The van der Waals surface area contributed by atoms with Gasteiger partial charge in [-0.15, -0.1) is 0 Å². The van der Waals surface area contributed by atoms with E-state index in [9.17, 15) is 43.5 Å². The highest BCUT2D eigenvalue weighted by Crippen LogP contribution is 2.45. The molecule has 0 aromatic rings. The molecule has 0 heterocycles. The molecule has 0 aliphatic rings. The Balaban J connectivity index is 4.57. The number of ether oxygens (including phenoxy) is 3. The van der Waals surface area contributed by atoms with Crippen molar-refractivity contribution in [1.82, 2.24) is 0 Å². The second-order valence-electron chi connectivity index (χ2n) is 26.5. The Morgan fingerprint density at radius 3 is 0.832 bits per heavy atom. The highest BCUT2D eigenvalue weighted by molar-refractivity contribution is 7.47. The van der Waals surface area contributed by atoms with Crippen LogP contribution in [0.4, 0.5) is 0 Å². The summed E-state index contributed by atoms with van der Waals surface area (Å²) >= 11 is 0. The molecule has 0 saturated heterocycles. The lowest BCUT2D eigenvalue weighted by Gasteiger charge is -2.21. The van der Waals surface area contributed by atoms with Gasteiger partial charge in [-0.1, -0.05) is 322 Å². The first kappa shape index (κ1) is 97.0. The summed E-state index contributed by atoms with van der Waals surface area (Å²) in [4.78, 5) is 58.7. The predicted octanol–water partition coefficient (Wildman–Crippen LogP) is 23.3. The van der Waals surface area contributed by atoms with Crippen molar-refractivity contribution in [3.05, 3.63) is 122 Å². The number of esters is 3. The Labute approximate surface area is 614 Å². The maximum Gasteiger partial charge on any atom is 0.472 e. The van der Waals surface area contributed by atoms with Crippen LogP contribution in [0.25, 0.3) is 0 Å². The van der Waals surface area contributed by atoms with Gasteiger partial charge < -0.3 is 34.2 Å². The fourth-order valence-electron chi connectivity index (χ4n) is 10.7. The van der Waals surface area contributed by atoms with Crippen LogP contribution in [0.2, 0.25) is 0 Å². The van der Waals surface area contributed by atoms with Crippen molar-refractivity contribution < 1.29 is 75.8 Å². The first-order valence-corrected chi connectivity index (χ1v) is 42.8. The van der Waals surface area contributed by atoms with Crippen molar-refractivity contribution >= 4 is 33.6 Å². The van der Waals surface area contributed by atoms with Crippen LogP contribution in [0.3, 0.4) is 0 Å². The molecule has 582 valence electrons. The summed E-state index contributed by atoms with van der Waals surface area (Å²) < 4.78 is 61.2. The molecule has 101 heavy (non-hydrogen) atoms. The summed E-state index contributed by atoms with van der Waals surface area (Å²) in [6.45, 7) is 2.47. The van der Waals surface area contributed by atoms with E-state index < -0.39 is 91.5 Å². The number of hydrogen-bond donors (Lipinski definition) is 4. The van der Waals surface area contributed by atoms with E-state index in [0.717, 1.165) is 161 Å². The molecule has 0 aromatic carbocycles. The Hall–Kier alpha value is -4.05. The molecule has 0 saturated carbocycles. The predicted molar refractivity (Wildman–Crippen MR) is 417 cm³/mol. The topological polar surface area (TPSA) is 231 Å². The van der Waals surface area contributed by atoms with Crippen molar-refractivity contribution in [2.24, 2.45) is 0 Å². The maximum absolute atomic E-state index is 13.0. The maximum atomic E-state index is 13.0. The highest BCUT2D eigenvalue weighted by Gasteiger charge is 2.29. The smallest absolute Gasteiger partial charge is 0.463 e. The normalized spacial score (nSPS) is 14.6. The summed E-state index contributed by atoms with van der Waals surface area (Å²) in [6.07, 6.45) is 89.5. The van der Waals surface area contributed by atoms with Crippen molar-refractivity contribution in [3.8, 4) is 0 Å². The zero-order valence-corrected chi connectivity index (χ0v) is 65.3. The SMILES string of the molecule is CC/C=C\C/C=C\C/C=C\C/C=C\C/C=C\CCCCCCCCCCCCCC(=O)OCC(O)COP(=O)(O)OCC(O)COP(=O)(O)OCC(COC(=O)CCCCCCCCC/C=C\C/C=C\C/C=C\C/C=C\C/C=C\CC)OC(=O)CCCCCCCCCCCCCCCCC. The largest absolute Gasteiger partial charge is 0.472 e. The molecule has 5 unspecified atom stereocenters. The van der Waals surface area contributed by atoms with E-state index in [2.05, 4.69) is 142 Å². The van der Waals surface area contributed by atoms with E-state index >= 15 is 0 Å². The molecule has 4 N–H and O–H groups in total. The van der Waals surface area contributed by atoms with Gasteiger partial charge in [0.05, 0.1) is 26.4 Å². The van der Waals surface area contributed by atoms with Gasteiger partial charge in [0.15, 0.2) is 6.10 Å². The van der Waals surface area contributed by atoms with Crippen LogP contribution in [0.5, 0.6) is 0 Å². The Kier molecular flexibility index (Phi) is 72.6. The van der Waals surface area contributed by atoms with Crippen molar-refractivity contribution in [2.75, 3.05) is 39.6 Å². The van der Waals surface area contributed by atoms with Gasteiger partial charge in [-0.05, 0) is 109 Å². The Bertz CT molecular complexity index is 2320. The molecule has 0 bridgehead atoms. The number of rotatable bonds is 75. The molecule has 0 fully saturated rings. The van der Waals surface area contributed by atoms with Crippen molar-refractivity contribution in [1.29, 1.82) is 0 Å². The number of carbonyl (C=O) groups excluding carboxylic acids is 3. The fourth-order valence-corrected chi connectivity index (χ4v) is 12.3. The zero-order chi connectivity index (χ0) is 73.7. The molecule has 0 rings (SSSR count). The minimum absolute atomic E-state index is 0.104. The van der Waals surface area contributed by atoms with Gasteiger partial charge in [0.2, 0.25) is 0 Å². The molecule has 0 radical (unpaired) electrons. The van der Waals surface area contributed by atoms with Crippen LogP contribution in [0.1, 0.15) is 329 Å². The monoisotopic (exact) mass is 1460 g/mol. The van der Waals surface area contributed by atoms with Crippen LogP contribution in [-0.2, 0) is 55.8 Å². The zero-order valence-electron chi connectivity index (χ0n) is 63.5. The second kappa shape index (κ2) is 75.6. The van der Waals surface area contributed by atoms with Gasteiger partial charge >= 0.3 is 33.6 Å². The molecule has 0 aliphatic heterocycles. The number of phosphoric acid groups is 2. The van der Waals surface area contributed by atoms with Crippen LogP contribution >= 0.6 is 15.6 Å². The number of carbonyl (C=O) groups is 3. The van der Waals surface area contributed by atoms with Gasteiger partial charge in [-0.2, -0.15) is 0 Å². The fraction of sp³-hybridized carbons (Fsp3) is 0.723. The summed E-state index contributed by atoms with van der Waals surface area (Å²) in [6, 6.07) is 0. The summed E-state index contributed by atoms with van der Waals surface area (Å²) in [5.74, 6) is -1.58. The summed E-state index contributed by atoms with van der Waals surface area (Å²) in [7, 11) is -9.79. The summed E-state index contributed by atoms with van der Waals surface area (Å²) in [5, 5.41) is 20.6. The lowest BCUT2D eigenvalue weighted by atomic mass is 10.0.